The van der Waals surface area contributed by atoms with Gasteiger partial charge >= 0.3 is 0 Å². The maximum absolute atomic E-state index is 8.36. The van der Waals surface area contributed by atoms with E-state index < -0.39 is 5.09 Å². The van der Waals surface area contributed by atoms with Crippen molar-refractivity contribution < 1.29 is 10.3 Å². The summed E-state index contributed by atoms with van der Waals surface area (Å²) in [4.78, 5) is 8.36. The summed E-state index contributed by atoms with van der Waals surface area (Å²) in [6.07, 6.45) is 0. The Bertz CT molecular complexity index is 245. The molecule has 0 spiro atoms. The fourth-order valence-corrected chi connectivity index (χ4v) is 0.896. The summed E-state index contributed by atoms with van der Waals surface area (Å²) in [6, 6.07) is 7.08. The minimum atomic E-state index is -1.50. The van der Waals surface area contributed by atoms with Crippen molar-refractivity contribution in [2.45, 2.75) is 0 Å². The highest BCUT2D eigenvalue weighted by atomic mass is 35.5. The summed E-state index contributed by atoms with van der Waals surface area (Å²) in [5, 5.41) is 15.0. The Morgan fingerprint density at radius 1 is 1.33 bits per heavy atom. The number of halogens is 2. The van der Waals surface area contributed by atoms with Crippen molar-refractivity contribution in [3.05, 3.63) is 44.4 Å². The maximum atomic E-state index is 8.36. The highest BCUT2D eigenvalue weighted by Crippen LogP contribution is 2.13. The van der Waals surface area contributed by atoms with Crippen LogP contribution in [-0.2, 0) is 0 Å². The first-order chi connectivity index (χ1) is 5.52. The number of nitrogens with zero attached hydrogens (tertiary/aromatic N) is 1. The van der Waals surface area contributed by atoms with Gasteiger partial charge < -0.3 is 5.21 Å². The summed E-state index contributed by atoms with van der Waals surface area (Å²) in [7, 11) is 0. The van der Waals surface area contributed by atoms with Crippen molar-refractivity contribution in [1.29, 1.82) is 0 Å². The van der Waals surface area contributed by atoms with E-state index in [0.717, 1.165) is 0 Å². The third-order valence-corrected chi connectivity index (χ3v) is 1.26. The molecule has 1 rings (SSSR count). The third kappa shape index (κ3) is 7.11. The predicted molar refractivity (Wildman–Crippen MR) is 45.2 cm³/mol. The van der Waals surface area contributed by atoms with E-state index in [4.69, 9.17) is 38.5 Å². The van der Waals surface area contributed by atoms with E-state index in [2.05, 4.69) is 0 Å². The zero-order valence-electron chi connectivity index (χ0n) is 5.78. The lowest BCUT2D eigenvalue weighted by atomic mass is 10.4. The van der Waals surface area contributed by atoms with E-state index in [9.17, 15) is 0 Å². The van der Waals surface area contributed by atoms with E-state index >= 15 is 0 Å². The van der Waals surface area contributed by atoms with Gasteiger partial charge in [-0.3, -0.25) is 0 Å². The lowest BCUT2D eigenvalue weighted by Gasteiger charge is -1.86. The smallest absolute Gasteiger partial charge is 0.291 e. The molecule has 1 aromatic rings. The molecule has 0 amide bonds. The molecule has 0 heterocycles. The van der Waals surface area contributed by atoms with Crippen LogP contribution in [0.15, 0.2) is 24.3 Å². The van der Waals surface area contributed by atoms with Gasteiger partial charge in [-0.1, -0.05) is 29.3 Å². The fourth-order valence-electron chi connectivity index (χ4n) is 0.460. The van der Waals surface area contributed by atoms with Crippen LogP contribution in [0.4, 0.5) is 0 Å². The van der Waals surface area contributed by atoms with Crippen molar-refractivity contribution in [3.63, 3.8) is 0 Å². The van der Waals surface area contributed by atoms with E-state index in [0.29, 0.717) is 10.0 Å². The van der Waals surface area contributed by atoms with Crippen molar-refractivity contribution in [2.75, 3.05) is 0 Å². The first kappa shape index (κ1) is 11.0. The van der Waals surface area contributed by atoms with Gasteiger partial charge in [0.2, 0.25) is 0 Å². The summed E-state index contributed by atoms with van der Waals surface area (Å²) in [5.41, 5.74) is 0. The van der Waals surface area contributed by atoms with Crippen molar-refractivity contribution in [2.24, 2.45) is 0 Å². The summed E-state index contributed by atoms with van der Waals surface area (Å²) < 4.78 is 0. The third-order valence-electron chi connectivity index (χ3n) is 0.787. The fraction of sp³-hybridized carbons (Fsp3) is 0. The molecule has 12 heavy (non-hydrogen) atoms. The first-order valence-electron chi connectivity index (χ1n) is 2.76. The molecule has 0 aromatic heterocycles. The van der Waals surface area contributed by atoms with Crippen molar-refractivity contribution in [3.8, 4) is 0 Å². The van der Waals surface area contributed by atoms with Gasteiger partial charge in [0.15, 0.2) is 0 Å². The summed E-state index contributed by atoms with van der Waals surface area (Å²) in [6.45, 7) is 0. The Kier molecular flexibility index (Phi) is 5.16. The van der Waals surface area contributed by atoms with Crippen molar-refractivity contribution in [1.82, 2.24) is 0 Å². The van der Waals surface area contributed by atoms with Gasteiger partial charge in [0.05, 0.1) is 0 Å². The van der Waals surface area contributed by atoms with E-state index in [1.165, 1.54) is 0 Å². The average molecular weight is 210 g/mol. The second-order valence-electron chi connectivity index (χ2n) is 1.68. The Labute approximate surface area is 78.4 Å². The highest BCUT2D eigenvalue weighted by molar-refractivity contribution is 6.34. The molecule has 0 atom stereocenters. The zero-order valence-corrected chi connectivity index (χ0v) is 7.29. The summed E-state index contributed by atoms with van der Waals surface area (Å²) >= 11 is 11.1. The largest absolute Gasteiger partial charge is 0.328 e. The molecule has 4 nitrogen and oxygen atoms in total. The highest BCUT2D eigenvalue weighted by Gasteiger charge is 1.84. The van der Waals surface area contributed by atoms with E-state index in [1.807, 2.05) is 6.07 Å². The molecular formula is C6H5Cl2NO3. The molecule has 1 aromatic carbocycles. The molecule has 66 valence electrons. The molecule has 0 aliphatic carbocycles. The topological polar surface area (TPSA) is 63.4 Å². The molecule has 0 saturated heterocycles. The second-order valence-corrected chi connectivity index (χ2v) is 2.55. The van der Waals surface area contributed by atoms with Crippen molar-refractivity contribution >= 4 is 23.2 Å². The summed E-state index contributed by atoms with van der Waals surface area (Å²) in [5.74, 6) is 0. The Hall–Kier alpha value is -1.00. The molecule has 1 N–H and O–H groups in total. The van der Waals surface area contributed by atoms with Crippen LogP contribution in [0.5, 0.6) is 0 Å². The van der Waals surface area contributed by atoms with Gasteiger partial charge in [0.1, 0.15) is 0 Å². The monoisotopic (exact) mass is 209 g/mol. The van der Waals surface area contributed by atoms with Crippen LogP contribution in [0, 0.1) is 10.1 Å². The maximum Gasteiger partial charge on any atom is 0.291 e. The SMILES string of the molecule is Clc1cccc(Cl)c1.O=[N+]([O-])O. The van der Waals surface area contributed by atoms with Crippen LogP contribution in [0.2, 0.25) is 10.0 Å². The predicted octanol–water partition coefficient (Wildman–Crippen LogP) is 2.65. The quantitative estimate of drug-likeness (QED) is 0.528. The zero-order chi connectivity index (χ0) is 9.56. The van der Waals surface area contributed by atoms with Crippen LogP contribution in [-0.4, -0.2) is 10.3 Å². The molecule has 0 unspecified atom stereocenters. The number of hydrogen-bond acceptors (Lipinski definition) is 2. The Morgan fingerprint density at radius 3 is 1.83 bits per heavy atom. The molecule has 0 aliphatic rings. The molecule has 0 fully saturated rings. The van der Waals surface area contributed by atoms with Gasteiger partial charge in [-0.2, -0.15) is 0 Å². The van der Waals surface area contributed by atoms with E-state index in [1.54, 1.807) is 18.2 Å². The molecule has 0 aliphatic heterocycles. The first-order valence-corrected chi connectivity index (χ1v) is 3.52. The molecule has 0 bridgehead atoms. The Morgan fingerprint density at radius 2 is 1.67 bits per heavy atom. The van der Waals surface area contributed by atoms with Gasteiger partial charge in [-0.25, -0.2) is 0 Å². The van der Waals surface area contributed by atoms with Crippen LogP contribution in [0.1, 0.15) is 0 Å². The van der Waals surface area contributed by atoms with Crippen LogP contribution >= 0.6 is 23.2 Å². The minimum absolute atomic E-state index is 0.678. The number of benzene rings is 1. The molecule has 0 radical (unpaired) electrons. The van der Waals surface area contributed by atoms with E-state index in [-0.39, 0.29) is 0 Å². The lowest BCUT2D eigenvalue weighted by molar-refractivity contribution is -0.742. The molecule has 0 saturated carbocycles. The molecule has 6 heteroatoms. The number of hydrogen-bond donors (Lipinski definition) is 1. The van der Waals surface area contributed by atoms with Gasteiger partial charge in [0.25, 0.3) is 5.09 Å². The Balaban J connectivity index is 0.000000261. The lowest BCUT2D eigenvalue weighted by Crippen LogP contribution is -1.81. The van der Waals surface area contributed by atoms with Crippen LogP contribution in [0.3, 0.4) is 0 Å². The van der Waals surface area contributed by atoms with Crippen LogP contribution < -0.4 is 0 Å². The van der Waals surface area contributed by atoms with Gasteiger partial charge in [-0.15, -0.1) is 10.1 Å². The standard InChI is InChI=1S/C6H4Cl2.HNO3/c7-5-2-1-3-6(8)4-5;2-1(3)4/h1-4H;(H,2,3,4). The van der Waals surface area contributed by atoms with Gasteiger partial charge in [-0.05, 0) is 18.2 Å². The van der Waals surface area contributed by atoms with Gasteiger partial charge in [0, 0.05) is 10.0 Å². The molecular weight excluding hydrogens is 205 g/mol. The number of rotatable bonds is 0. The minimum Gasteiger partial charge on any atom is -0.328 e. The van der Waals surface area contributed by atoms with Crippen LogP contribution in [0.25, 0.3) is 0 Å². The second kappa shape index (κ2) is 5.62. The normalized spacial score (nSPS) is 8.17. The average Bonchev–Trinajstić information content (AvgIpc) is 1.84.